The summed E-state index contributed by atoms with van der Waals surface area (Å²) >= 11 is 1.68. The molecule has 0 saturated carbocycles. The van der Waals surface area contributed by atoms with E-state index in [1.54, 1.807) is 17.5 Å². The summed E-state index contributed by atoms with van der Waals surface area (Å²) in [5.74, 6) is 1.07. The van der Waals surface area contributed by atoms with Crippen LogP contribution in [0.5, 0.6) is 0 Å². The van der Waals surface area contributed by atoms with Crippen LogP contribution in [-0.4, -0.2) is 22.5 Å². The Balaban J connectivity index is 1.86. The second-order valence-electron chi connectivity index (χ2n) is 5.73. The van der Waals surface area contributed by atoms with Crippen molar-refractivity contribution in [2.24, 2.45) is 10.7 Å². The van der Waals surface area contributed by atoms with Crippen LogP contribution < -0.4 is 11.1 Å². The first-order valence-electron chi connectivity index (χ1n) is 6.88. The minimum atomic E-state index is 0.0948. The fourth-order valence-corrected chi connectivity index (χ4v) is 2.66. The summed E-state index contributed by atoms with van der Waals surface area (Å²) in [5, 5.41) is 6.17. The number of anilines is 1. The van der Waals surface area contributed by atoms with Crippen LogP contribution in [0.2, 0.25) is 0 Å². The zero-order chi connectivity index (χ0) is 15.3. The van der Waals surface area contributed by atoms with E-state index >= 15 is 0 Å². The number of rotatable bonds is 4. The lowest BCUT2D eigenvalue weighted by molar-refractivity contribution is 0.571. The standard InChI is InChI=1S/C15H21N5S/c1-15(2,3)11-10-21-13(19-11)7-9-18-14(16)20-12-6-4-5-8-17-12/h4-6,8,10H,7,9H2,1-3H3,(H3,16,17,18,20). The Morgan fingerprint density at radius 3 is 2.81 bits per heavy atom. The normalized spacial score (nSPS) is 12.4. The van der Waals surface area contributed by atoms with E-state index < -0.39 is 0 Å². The second kappa shape index (κ2) is 6.67. The second-order valence-corrected chi connectivity index (χ2v) is 6.68. The number of aromatic nitrogens is 2. The first-order chi connectivity index (χ1) is 9.95. The van der Waals surface area contributed by atoms with Crippen molar-refractivity contribution in [1.29, 1.82) is 0 Å². The summed E-state index contributed by atoms with van der Waals surface area (Å²) in [6.07, 6.45) is 2.50. The molecule has 0 atom stereocenters. The van der Waals surface area contributed by atoms with E-state index in [9.17, 15) is 0 Å². The quantitative estimate of drug-likeness (QED) is 0.672. The van der Waals surface area contributed by atoms with Crippen molar-refractivity contribution in [3.63, 3.8) is 0 Å². The number of aliphatic imine (C=N–C) groups is 1. The van der Waals surface area contributed by atoms with Crippen LogP contribution in [0.15, 0.2) is 34.8 Å². The molecule has 2 rings (SSSR count). The van der Waals surface area contributed by atoms with Crippen LogP contribution in [0.25, 0.3) is 0 Å². The van der Waals surface area contributed by atoms with E-state index in [1.165, 1.54) is 0 Å². The SMILES string of the molecule is CC(C)(C)c1csc(CCN=C(N)Nc2ccccn2)n1. The minimum absolute atomic E-state index is 0.0948. The van der Waals surface area contributed by atoms with Crippen molar-refractivity contribution in [2.75, 3.05) is 11.9 Å². The Morgan fingerprint density at radius 2 is 2.19 bits per heavy atom. The Bertz CT molecular complexity index is 598. The highest BCUT2D eigenvalue weighted by Gasteiger charge is 2.17. The number of hydrogen-bond donors (Lipinski definition) is 2. The minimum Gasteiger partial charge on any atom is -0.370 e. The number of thiazole rings is 1. The Hall–Kier alpha value is -1.95. The van der Waals surface area contributed by atoms with Crippen LogP contribution in [0.1, 0.15) is 31.5 Å². The lowest BCUT2D eigenvalue weighted by Crippen LogP contribution is -2.23. The first kappa shape index (κ1) is 15.4. The van der Waals surface area contributed by atoms with Crippen molar-refractivity contribution in [2.45, 2.75) is 32.6 Å². The van der Waals surface area contributed by atoms with E-state index in [2.05, 4.69) is 46.4 Å². The molecule has 0 aliphatic carbocycles. The number of nitrogens with two attached hydrogens (primary N) is 1. The third kappa shape index (κ3) is 4.82. The largest absolute Gasteiger partial charge is 0.370 e. The van der Waals surface area contributed by atoms with Crippen molar-refractivity contribution in [1.82, 2.24) is 9.97 Å². The number of guanidine groups is 1. The van der Waals surface area contributed by atoms with Crippen LogP contribution in [-0.2, 0) is 11.8 Å². The highest BCUT2D eigenvalue weighted by atomic mass is 32.1. The third-order valence-electron chi connectivity index (χ3n) is 2.85. The molecule has 2 aromatic rings. The van der Waals surface area contributed by atoms with Gasteiger partial charge in [0.1, 0.15) is 5.82 Å². The van der Waals surface area contributed by atoms with Gasteiger partial charge in [0.05, 0.1) is 10.7 Å². The van der Waals surface area contributed by atoms with Gasteiger partial charge in [0.2, 0.25) is 0 Å². The van der Waals surface area contributed by atoms with Crippen molar-refractivity contribution < 1.29 is 0 Å². The molecular weight excluding hydrogens is 282 g/mol. The average molecular weight is 303 g/mol. The zero-order valence-electron chi connectivity index (χ0n) is 12.6. The van der Waals surface area contributed by atoms with Gasteiger partial charge in [0, 0.05) is 30.0 Å². The summed E-state index contributed by atoms with van der Waals surface area (Å²) in [6.45, 7) is 7.11. The lowest BCUT2D eigenvalue weighted by Gasteiger charge is -2.14. The molecule has 0 bridgehead atoms. The van der Waals surface area contributed by atoms with Crippen LogP contribution in [0.4, 0.5) is 5.82 Å². The Morgan fingerprint density at radius 1 is 1.38 bits per heavy atom. The van der Waals surface area contributed by atoms with Gasteiger partial charge in [0.25, 0.3) is 0 Å². The molecule has 5 nitrogen and oxygen atoms in total. The van der Waals surface area contributed by atoms with Crippen LogP contribution in [0.3, 0.4) is 0 Å². The van der Waals surface area contributed by atoms with E-state index in [-0.39, 0.29) is 5.41 Å². The molecule has 0 aliphatic heterocycles. The van der Waals surface area contributed by atoms with Gasteiger partial charge in [-0.05, 0) is 12.1 Å². The molecule has 0 aromatic carbocycles. The molecule has 21 heavy (non-hydrogen) atoms. The third-order valence-corrected chi connectivity index (χ3v) is 3.76. The predicted molar refractivity (Wildman–Crippen MR) is 88.9 cm³/mol. The van der Waals surface area contributed by atoms with Gasteiger partial charge in [-0.25, -0.2) is 9.97 Å². The molecule has 0 unspecified atom stereocenters. The first-order valence-corrected chi connectivity index (χ1v) is 7.76. The van der Waals surface area contributed by atoms with Gasteiger partial charge in [-0.1, -0.05) is 26.8 Å². The zero-order valence-corrected chi connectivity index (χ0v) is 13.4. The lowest BCUT2D eigenvalue weighted by atomic mass is 9.93. The molecule has 0 fully saturated rings. The maximum atomic E-state index is 5.83. The van der Waals surface area contributed by atoms with Gasteiger partial charge in [0.15, 0.2) is 5.96 Å². The van der Waals surface area contributed by atoms with Gasteiger partial charge >= 0.3 is 0 Å². The van der Waals surface area contributed by atoms with Crippen molar-refractivity contribution in [3.05, 3.63) is 40.5 Å². The summed E-state index contributed by atoms with van der Waals surface area (Å²) in [5.41, 5.74) is 7.05. The fraction of sp³-hybridized carbons (Fsp3) is 0.400. The summed E-state index contributed by atoms with van der Waals surface area (Å²) in [4.78, 5) is 13.1. The fourth-order valence-electron chi connectivity index (χ4n) is 1.65. The van der Waals surface area contributed by atoms with E-state index in [0.717, 1.165) is 17.1 Å². The molecule has 0 spiro atoms. The van der Waals surface area contributed by atoms with Gasteiger partial charge < -0.3 is 11.1 Å². The predicted octanol–water partition coefficient (Wildman–Crippen LogP) is 2.80. The highest BCUT2D eigenvalue weighted by molar-refractivity contribution is 7.09. The summed E-state index contributed by atoms with van der Waals surface area (Å²) in [7, 11) is 0. The topological polar surface area (TPSA) is 76.2 Å². The molecule has 0 saturated heterocycles. The molecule has 6 heteroatoms. The number of nitrogens with zero attached hydrogens (tertiary/aromatic N) is 3. The molecule has 0 radical (unpaired) electrons. The molecule has 0 amide bonds. The molecule has 3 N–H and O–H groups in total. The van der Waals surface area contributed by atoms with Crippen molar-refractivity contribution >= 4 is 23.1 Å². The van der Waals surface area contributed by atoms with Gasteiger partial charge in [-0.3, -0.25) is 4.99 Å². The smallest absolute Gasteiger partial charge is 0.194 e. The molecule has 2 heterocycles. The van der Waals surface area contributed by atoms with E-state index in [0.29, 0.717) is 18.3 Å². The Labute approximate surface area is 129 Å². The van der Waals surface area contributed by atoms with Crippen molar-refractivity contribution in [3.8, 4) is 0 Å². The molecule has 112 valence electrons. The number of pyridine rings is 1. The van der Waals surface area contributed by atoms with E-state index in [4.69, 9.17) is 5.73 Å². The maximum absolute atomic E-state index is 5.83. The summed E-state index contributed by atoms with van der Waals surface area (Å²) < 4.78 is 0. The number of nitrogens with one attached hydrogen (secondary N) is 1. The monoisotopic (exact) mass is 303 g/mol. The molecule has 0 aliphatic rings. The van der Waals surface area contributed by atoms with Crippen LogP contribution >= 0.6 is 11.3 Å². The summed E-state index contributed by atoms with van der Waals surface area (Å²) in [6, 6.07) is 5.60. The molecular formula is C15H21N5S. The average Bonchev–Trinajstić information content (AvgIpc) is 2.88. The highest BCUT2D eigenvalue weighted by Crippen LogP contribution is 2.23. The maximum Gasteiger partial charge on any atom is 0.194 e. The van der Waals surface area contributed by atoms with Gasteiger partial charge in [-0.15, -0.1) is 11.3 Å². The van der Waals surface area contributed by atoms with Crippen LogP contribution in [0, 0.1) is 0 Å². The van der Waals surface area contributed by atoms with Gasteiger partial charge in [-0.2, -0.15) is 0 Å². The van der Waals surface area contributed by atoms with E-state index in [1.807, 2.05) is 18.2 Å². The molecule has 2 aromatic heterocycles. The number of hydrogen-bond acceptors (Lipinski definition) is 4. The Kier molecular flexibility index (Phi) is 4.90.